The van der Waals surface area contributed by atoms with Crippen LogP contribution in [0.1, 0.15) is 58.3 Å². The van der Waals surface area contributed by atoms with Crippen LogP contribution in [-0.2, 0) is 0 Å². The van der Waals surface area contributed by atoms with Gasteiger partial charge < -0.3 is 10.3 Å². The van der Waals surface area contributed by atoms with Gasteiger partial charge in [0.2, 0.25) is 0 Å². The van der Waals surface area contributed by atoms with Crippen LogP contribution in [0.3, 0.4) is 0 Å². The largest absolute Gasteiger partial charge is 0.390 e. The summed E-state index contributed by atoms with van der Waals surface area (Å²) in [7, 11) is 0. The molecule has 1 aliphatic heterocycles. The minimum absolute atomic E-state index is 0.321. The lowest BCUT2D eigenvalue weighted by Crippen LogP contribution is -2.26. The van der Waals surface area contributed by atoms with Crippen molar-refractivity contribution in [3.63, 3.8) is 0 Å². The van der Waals surface area contributed by atoms with Gasteiger partial charge in [-0.15, -0.1) is 0 Å². The SMILES string of the molecule is CC1(O)CCCCC1.ON1CCCCC1. The Morgan fingerprint density at radius 1 is 0.867 bits per heavy atom. The molecule has 2 N–H and O–H groups in total. The second kappa shape index (κ2) is 6.46. The Kier molecular flexibility index (Phi) is 5.58. The van der Waals surface area contributed by atoms with Crippen molar-refractivity contribution in [3.8, 4) is 0 Å². The quantitative estimate of drug-likeness (QED) is 0.652. The number of aliphatic hydroxyl groups is 1. The number of hydroxylamine groups is 2. The van der Waals surface area contributed by atoms with E-state index in [0.29, 0.717) is 0 Å². The molecule has 15 heavy (non-hydrogen) atoms. The number of hydrogen-bond acceptors (Lipinski definition) is 3. The minimum Gasteiger partial charge on any atom is -0.390 e. The van der Waals surface area contributed by atoms with Gasteiger partial charge in [0.15, 0.2) is 0 Å². The van der Waals surface area contributed by atoms with Crippen LogP contribution in [0, 0.1) is 0 Å². The fraction of sp³-hybridized carbons (Fsp3) is 1.00. The standard InChI is InChI=1S/C7H14O.C5H11NO/c1-7(8)5-3-2-4-6-7;7-6-4-2-1-3-5-6/h8H,2-6H2,1H3;7H,1-5H2. The van der Waals surface area contributed by atoms with E-state index in [9.17, 15) is 5.11 Å². The molecule has 1 saturated carbocycles. The fourth-order valence-corrected chi connectivity index (χ4v) is 2.19. The van der Waals surface area contributed by atoms with Crippen LogP contribution in [0.25, 0.3) is 0 Å². The fourth-order valence-electron chi connectivity index (χ4n) is 2.19. The Balaban J connectivity index is 0.000000151. The predicted molar refractivity (Wildman–Crippen MR) is 60.9 cm³/mol. The monoisotopic (exact) mass is 215 g/mol. The van der Waals surface area contributed by atoms with Gasteiger partial charge in [0.05, 0.1) is 5.60 Å². The third kappa shape index (κ3) is 6.13. The molecule has 3 nitrogen and oxygen atoms in total. The van der Waals surface area contributed by atoms with Gasteiger partial charge in [-0.1, -0.05) is 25.7 Å². The maximum absolute atomic E-state index is 9.37. The first kappa shape index (κ1) is 12.9. The predicted octanol–water partition coefficient (Wildman–Crippen LogP) is 2.56. The van der Waals surface area contributed by atoms with Crippen molar-refractivity contribution in [2.45, 2.75) is 63.9 Å². The Morgan fingerprint density at radius 3 is 1.60 bits per heavy atom. The smallest absolute Gasteiger partial charge is 0.0619 e. The van der Waals surface area contributed by atoms with Crippen molar-refractivity contribution < 1.29 is 10.3 Å². The number of rotatable bonds is 0. The lowest BCUT2D eigenvalue weighted by Gasteiger charge is -2.27. The first-order valence-corrected chi connectivity index (χ1v) is 6.26. The van der Waals surface area contributed by atoms with Crippen LogP contribution in [0.4, 0.5) is 0 Å². The van der Waals surface area contributed by atoms with Crippen molar-refractivity contribution in [2.24, 2.45) is 0 Å². The minimum atomic E-state index is -0.321. The summed E-state index contributed by atoms with van der Waals surface area (Å²) in [5, 5.41) is 19.5. The molecular weight excluding hydrogens is 190 g/mol. The van der Waals surface area contributed by atoms with Crippen LogP contribution in [0.15, 0.2) is 0 Å². The molecule has 2 aliphatic rings. The van der Waals surface area contributed by atoms with Gasteiger partial charge in [0.1, 0.15) is 0 Å². The molecule has 3 heteroatoms. The molecule has 2 fully saturated rings. The number of hydrogen-bond donors (Lipinski definition) is 2. The summed E-state index contributed by atoms with van der Waals surface area (Å²) >= 11 is 0. The lowest BCUT2D eigenvalue weighted by atomic mass is 9.87. The van der Waals surface area contributed by atoms with E-state index in [-0.39, 0.29) is 5.60 Å². The summed E-state index contributed by atoms with van der Waals surface area (Å²) in [6, 6.07) is 0. The van der Waals surface area contributed by atoms with Crippen molar-refractivity contribution in [3.05, 3.63) is 0 Å². The summed E-state index contributed by atoms with van der Waals surface area (Å²) in [5.74, 6) is 0. The average molecular weight is 215 g/mol. The molecule has 0 aromatic carbocycles. The average Bonchev–Trinajstić information content (AvgIpc) is 2.19. The van der Waals surface area contributed by atoms with Gasteiger partial charge >= 0.3 is 0 Å². The first-order chi connectivity index (χ1) is 7.10. The van der Waals surface area contributed by atoms with Gasteiger partial charge in [-0.25, -0.2) is 0 Å². The Bertz CT molecular complexity index is 157. The van der Waals surface area contributed by atoms with E-state index in [4.69, 9.17) is 5.21 Å². The highest BCUT2D eigenvalue weighted by Crippen LogP contribution is 2.26. The third-order valence-corrected chi connectivity index (χ3v) is 3.26. The maximum Gasteiger partial charge on any atom is 0.0619 e. The third-order valence-electron chi connectivity index (χ3n) is 3.26. The van der Waals surface area contributed by atoms with Gasteiger partial charge in [-0.2, -0.15) is 5.06 Å². The van der Waals surface area contributed by atoms with Crippen LogP contribution >= 0.6 is 0 Å². The molecular formula is C12H25NO2. The van der Waals surface area contributed by atoms with Crippen molar-refractivity contribution in [1.82, 2.24) is 5.06 Å². The van der Waals surface area contributed by atoms with Gasteiger partial charge in [0.25, 0.3) is 0 Å². The van der Waals surface area contributed by atoms with E-state index in [2.05, 4.69) is 0 Å². The summed E-state index contributed by atoms with van der Waals surface area (Å²) in [6.45, 7) is 3.69. The second-order valence-corrected chi connectivity index (χ2v) is 5.07. The van der Waals surface area contributed by atoms with E-state index < -0.39 is 0 Å². The molecule has 0 spiro atoms. The molecule has 0 atom stereocenters. The molecule has 0 unspecified atom stereocenters. The Labute approximate surface area is 93.1 Å². The van der Waals surface area contributed by atoms with E-state index in [0.717, 1.165) is 38.8 Å². The number of nitrogens with zero attached hydrogens (tertiary/aromatic N) is 1. The van der Waals surface area contributed by atoms with Crippen LogP contribution in [-0.4, -0.2) is 34.1 Å². The molecule has 1 heterocycles. The molecule has 0 bridgehead atoms. The topological polar surface area (TPSA) is 43.7 Å². The van der Waals surface area contributed by atoms with Crippen molar-refractivity contribution in [1.29, 1.82) is 0 Å². The summed E-state index contributed by atoms with van der Waals surface area (Å²) in [4.78, 5) is 0. The molecule has 1 aliphatic carbocycles. The summed E-state index contributed by atoms with van der Waals surface area (Å²) in [6.07, 6.45) is 9.38. The Morgan fingerprint density at radius 2 is 1.33 bits per heavy atom. The molecule has 0 radical (unpaired) electrons. The second-order valence-electron chi connectivity index (χ2n) is 5.07. The first-order valence-electron chi connectivity index (χ1n) is 6.26. The highest BCUT2D eigenvalue weighted by atomic mass is 16.5. The van der Waals surface area contributed by atoms with Crippen LogP contribution < -0.4 is 0 Å². The van der Waals surface area contributed by atoms with E-state index >= 15 is 0 Å². The van der Waals surface area contributed by atoms with Gasteiger partial charge in [-0.3, -0.25) is 0 Å². The van der Waals surface area contributed by atoms with E-state index in [1.807, 2.05) is 6.92 Å². The van der Waals surface area contributed by atoms with Crippen molar-refractivity contribution >= 4 is 0 Å². The molecule has 1 saturated heterocycles. The molecule has 0 aromatic rings. The molecule has 90 valence electrons. The molecule has 0 amide bonds. The van der Waals surface area contributed by atoms with Crippen LogP contribution in [0.2, 0.25) is 0 Å². The highest BCUT2D eigenvalue weighted by molar-refractivity contribution is 4.76. The van der Waals surface area contributed by atoms with Gasteiger partial charge in [0, 0.05) is 13.1 Å². The zero-order valence-electron chi connectivity index (χ0n) is 9.91. The van der Waals surface area contributed by atoms with Gasteiger partial charge in [-0.05, 0) is 32.6 Å². The lowest BCUT2D eigenvalue weighted by molar-refractivity contribution is -0.103. The van der Waals surface area contributed by atoms with Crippen molar-refractivity contribution in [2.75, 3.05) is 13.1 Å². The van der Waals surface area contributed by atoms with E-state index in [1.54, 1.807) is 0 Å². The Hall–Kier alpha value is -0.120. The normalized spacial score (nSPS) is 26.6. The van der Waals surface area contributed by atoms with E-state index in [1.165, 1.54) is 30.7 Å². The maximum atomic E-state index is 9.37. The molecule has 0 aromatic heterocycles. The zero-order chi connectivity index (χ0) is 11.1. The number of piperidine rings is 1. The summed E-state index contributed by atoms with van der Waals surface area (Å²) in [5.41, 5.74) is -0.321. The highest BCUT2D eigenvalue weighted by Gasteiger charge is 2.22. The molecule has 2 rings (SSSR count). The van der Waals surface area contributed by atoms with Crippen LogP contribution in [0.5, 0.6) is 0 Å². The summed E-state index contributed by atoms with van der Waals surface area (Å²) < 4.78 is 0. The zero-order valence-corrected chi connectivity index (χ0v) is 9.91.